The summed E-state index contributed by atoms with van der Waals surface area (Å²) in [6.07, 6.45) is 0.502. The van der Waals surface area contributed by atoms with Crippen molar-refractivity contribution in [3.8, 4) is 5.69 Å². The lowest BCUT2D eigenvalue weighted by atomic mass is 10.1. The predicted molar refractivity (Wildman–Crippen MR) is 92.3 cm³/mol. The van der Waals surface area contributed by atoms with E-state index in [1.807, 2.05) is 6.07 Å². The zero-order valence-electron chi connectivity index (χ0n) is 13.4. The Kier molecular flexibility index (Phi) is 4.99. The molecule has 1 N–H and O–H groups in total. The second kappa shape index (κ2) is 7.53. The van der Waals surface area contributed by atoms with E-state index < -0.39 is 0 Å². The highest BCUT2D eigenvalue weighted by molar-refractivity contribution is 5.92. The molecule has 1 amide bonds. The van der Waals surface area contributed by atoms with Crippen LogP contribution in [0.5, 0.6) is 0 Å². The van der Waals surface area contributed by atoms with Crippen molar-refractivity contribution in [2.75, 3.05) is 6.54 Å². The molecule has 0 bridgehead atoms. The number of rotatable bonds is 5. The maximum Gasteiger partial charge on any atom is 0.271 e. The van der Waals surface area contributed by atoms with Gasteiger partial charge in [-0.1, -0.05) is 30.3 Å². The first-order valence-corrected chi connectivity index (χ1v) is 7.82. The van der Waals surface area contributed by atoms with E-state index in [1.54, 1.807) is 36.4 Å². The van der Waals surface area contributed by atoms with Gasteiger partial charge in [-0.2, -0.15) is 9.78 Å². The first-order chi connectivity index (χ1) is 12.1. The fourth-order valence-electron chi connectivity index (χ4n) is 2.39. The third kappa shape index (κ3) is 4.17. The van der Waals surface area contributed by atoms with Gasteiger partial charge in [0.25, 0.3) is 11.5 Å². The molecule has 0 fully saturated rings. The lowest BCUT2D eigenvalue weighted by Gasteiger charge is -2.08. The van der Waals surface area contributed by atoms with Crippen LogP contribution in [-0.2, 0) is 6.42 Å². The molecule has 0 aliphatic heterocycles. The van der Waals surface area contributed by atoms with Crippen LogP contribution >= 0.6 is 0 Å². The van der Waals surface area contributed by atoms with E-state index in [-0.39, 0.29) is 23.0 Å². The Morgan fingerprint density at radius 3 is 2.60 bits per heavy atom. The summed E-state index contributed by atoms with van der Waals surface area (Å²) in [4.78, 5) is 24.2. The first-order valence-electron chi connectivity index (χ1n) is 7.82. The Morgan fingerprint density at radius 2 is 1.84 bits per heavy atom. The summed E-state index contributed by atoms with van der Waals surface area (Å²) in [5.74, 6) is -0.693. The van der Waals surface area contributed by atoms with Gasteiger partial charge >= 0.3 is 0 Å². The maximum absolute atomic E-state index is 13.1. The van der Waals surface area contributed by atoms with Gasteiger partial charge in [-0.05, 0) is 42.3 Å². The fraction of sp³-hybridized carbons (Fsp3) is 0.105. The minimum Gasteiger partial charge on any atom is -0.350 e. The lowest BCUT2D eigenvalue weighted by Crippen LogP contribution is -2.30. The number of para-hydroxylation sites is 1. The van der Waals surface area contributed by atoms with Crippen LogP contribution in [-0.4, -0.2) is 22.2 Å². The smallest absolute Gasteiger partial charge is 0.271 e. The van der Waals surface area contributed by atoms with Gasteiger partial charge in [0, 0.05) is 12.6 Å². The topological polar surface area (TPSA) is 64.0 Å². The zero-order chi connectivity index (χ0) is 17.6. The van der Waals surface area contributed by atoms with E-state index in [2.05, 4.69) is 10.4 Å². The fourth-order valence-corrected chi connectivity index (χ4v) is 2.39. The molecule has 5 nitrogen and oxygen atoms in total. The third-order valence-electron chi connectivity index (χ3n) is 3.62. The highest BCUT2D eigenvalue weighted by Crippen LogP contribution is 2.05. The Hall–Kier alpha value is -3.28. The van der Waals surface area contributed by atoms with Crippen LogP contribution in [0.3, 0.4) is 0 Å². The molecule has 0 saturated heterocycles. The largest absolute Gasteiger partial charge is 0.350 e. The number of nitrogens with zero attached hydrogens (tertiary/aromatic N) is 2. The molecule has 6 heteroatoms. The van der Waals surface area contributed by atoms with E-state index in [4.69, 9.17) is 0 Å². The molecule has 0 aliphatic carbocycles. The minimum atomic E-state index is -0.388. The number of carbonyl (C=O) groups excluding carboxylic acids is 1. The van der Waals surface area contributed by atoms with Crippen molar-refractivity contribution in [3.05, 3.63) is 94.2 Å². The third-order valence-corrected chi connectivity index (χ3v) is 3.62. The molecule has 1 aromatic heterocycles. The van der Waals surface area contributed by atoms with Crippen LogP contribution in [0.4, 0.5) is 4.39 Å². The van der Waals surface area contributed by atoms with Gasteiger partial charge in [-0.3, -0.25) is 9.59 Å². The maximum atomic E-state index is 13.1. The second-order valence-corrected chi connectivity index (χ2v) is 5.44. The summed E-state index contributed by atoms with van der Waals surface area (Å²) in [6.45, 7) is 0.342. The molecule has 25 heavy (non-hydrogen) atoms. The van der Waals surface area contributed by atoms with Crippen molar-refractivity contribution in [3.63, 3.8) is 0 Å². The van der Waals surface area contributed by atoms with Gasteiger partial charge in [0.05, 0.1) is 5.69 Å². The first kappa shape index (κ1) is 16.6. The summed E-state index contributed by atoms with van der Waals surface area (Å²) in [5.41, 5.74) is 1.20. The number of hydrogen-bond acceptors (Lipinski definition) is 3. The van der Waals surface area contributed by atoms with Crippen molar-refractivity contribution in [2.24, 2.45) is 0 Å². The van der Waals surface area contributed by atoms with E-state index in [0.29, 0.717) is 18.7 Å². The molecule has 0 saturated carbocycles. The number of aromatic nitrogens is 2. The molecule has 3 rings (SSSR count). The van der Waals surface area contributed by atoms with Gasteiger partial charge in [-0.15, -0.1) is 0 Å². The van der Waals surface area contributed by atoms with Gasteiger partial charge in [0.15, 0.2) is 0 Å². The number of nitrogens with one attached hydrogen (secondary N) is 1. The summed E-state index contributed by atoms with van der Waals surface area (Å²) >= 11 is 0. The van der Waals surface area contributed by atoms with Crippen LogP contribution in [0.1, 0.15) is 16.1 Å². The number of amides is 1. The van der Waals surface area contributed by atoms with Crippen LogP contribution in [0.25, 0.3) is 5.69 Å². The molecule has 0 radical (unpaired) electrons. The van der Waals surface area contributed by atoms with Crippen LogP contribution in [0.15, 0.2) is 71.5 Å². The molecule has 2 aromatic carbocycles. The van der Waals surface area contributed by atoms with Gasteiger partial charge in [0.2, 0.25) is 0 Å². The SMILES string of the molecule is O=C(NCCc1cccc(F)c1)c1ccc(=O)n(-c2ccccc2)n1. The van der Waals surface area contributed by atoms with Crippen molar-refractivity contribution >= 4 is 5.91 Å². The van der Waals surface area contributed by atoms with Crippen LogP contribution in [0, 0.1) is 5.82 Å². The van der Waals surface area contributed by atoms with Crippen molar-refractivity contribution in [1.82, 2.24) is 15.1 Å². The quantitative estimate of drug-likeness (QED) is 0.777. The summed E-state index contributed by atoms with van der Waals surface area (Å²) in [6, 6.07) is 17.8. The molecule has 1 heterocycles. The molecule has 126 valence electrons. The average molecular weight is 337 g/mol. The Morgan fingerprint density at radius 1 is 1.04 bits per heavy atom. The van der Waals surface area contributed by atoms with Crippen LogP contribution < -0.4 is 10.9 Å². The second-order valence-electron chi connectivity index (χ2n) is 5.44. The summed E-state index contributed by atoms with van der Waals surface area (Å²) < 4.78 is 14.3. The van der Waals surface area contributed by atoms with Gasteiger partial charge in [-0.25, -0.2) is 4.39 Å². The van der Waals surface area contributed by atoms with E-state index in [0.717, 1.165) is 5.56 Å². The number of hydrogen-bond donors (Lipinski definition) is 1. The number of benzene rings is 2. The Bertz CT molecular complexity index is 939. The van der Waals surface area contributed by atoms with E-state index in [9.17, 15) is 14.0 Å². The average Bonchev–Trinajstić information content (AvgIpc) is 2.63. The monoisotopic (exact) mass is 337 g/mol. The molecule has 3 aromatic rings. The Labute approximate surface area is 143 Å². The predicted octanol–water partition coefficient (Wildman–Crippen LogP) is 2.34. The molecule has 0 aliphatic rings. The lowest BCUT2D eigenvalue weighted by molar-refractivity contribution is 0.0947. The molecular weight excluding hydrogens is 321 g/mol. The molecule has 0 spiro atoms. The highest BCUT2D eigenvalue weighted by Gasteiger charge is 2.10. The van der Waals surface area contributed by atoms with E-state index in [1.165, 1.54) is 28.9 Å². The summed E-state index contributed by atoms with van der Waals surface area (Å²) in [7, 11) is 0. The molecular formula is C19H16FN3O2. The molecule has 0 atom stereocenters. The minimum absolute atomic E-state index is 0.141. The van der Waals surface area contributed by atoms with Gasteiger partial charge in [0.1, 0.15) is 11.5 Å². The number of halogens is 1. The number of carbonyl (C=O) groups is 1. The van der Waals surface area contributed by atoms with Crippen molar-refractivity contribution in [2.45, 2.75) is 6.42 Å². The zero-order valence-corrected chi connectivity index (χ0v) is 13.4. The summed E-state index contributed by atoms with van der Waals surface area (Å²) in [5, 5.41) is 6.84. The van der Waals surface area contributed by atoms with E-state index >= 15 is 0 Å². The standard InChI is InChI=1S/C19H16FN3O2/c20-15-6-4-5-14(13-15)11-12-21-19(25)17-9-10-18(24)23(22-17)16-7-2-1-3-8-16/h1-10,13H,11-12H2,(H,21,25). The highest BCUT2D eigenvalue weighted by atomic mass is 19.1. The Balaban J connectivity index is 1.69. The van der Waals surface area contributed by atoms with Gasteiger partial charge < -0.3 is 5.32 Å². The van der Waals surface area contributed by atoms with Crippen LogP contribution in [0.2, 0.25) is 0 Å². The molecule has 0 unspecified atom stereocenters. The van der Waals surface area contributed by atoms with Crippen molar-refractivity contribution in [1.29, 1.82) is 0 Å². The normalized spacial score (nSPS) is 10.4. The van der Waals surface area contributed by atoms with Crippen molar-refractivity contribution < 1.29 is 9.18 Å².